The molecule has 1 aromatic heterocycles. The first-order valence-electron chi connectivity index (χ1n) is 5.61. The Morgan fingerprint density at radius 2 is 2.22 bits per heavy atom. The number of H-pyrrole nitrogens is 1. The molecule has 1 aromatic carbocycles. The Morgan fingerprint density at radius 1 is 1.44 bits per heavy atom. The Kier molecular flexibility index (Phi) is 3.67. The number of hydrogen-bond donors (Lipinski definition) is 1. The van der Waals surface area contributed by atoms with E-state index in [9.17, 15) is 9.59 Å². The van der Waals surface area contributed by atoms with Gasteiger partial charge in [-0.25, -0.2) is 4.79 Å². The lowest BCUT2D eigenvalue weighted by atomic mass is 10.1. The lowest BCUT2D eigenvalue weighted by Crippen LogP contribution is -2.18. The van der Waals surface area contributed by atoms with Gasteiger partial charge in [0.1, 0.15) is 5.56 Å². The van der Waals surface area contributed by atoms with E-state index >= 15 is 0 Å². The van der Waals surface area contributed by atoms with Crippen molar-refractivity contribution in [2.45, 2.75) is 13.3 Å². The molecule has 18 heavy (non-hydrogen) atoms. The molecular formula is C13H12ClNO3. The lowest BCUT2D eigenvalue weighted by molar-refractivity contribution is 0.0503. The van der Waals surface area contributed by atoms with Crippen molar-refractivity contribution in [3.05, 3.63) is 45.2 Å². The molecule has 4 nitrogen and oxygen atoms in total. The van der Waals surface area contributed by atoms with Crippen molar-refractivity contribution in [3.63, 3.8) is 0 Å². The molecule has 0 unspecified atom stereocenters. The van der Waals surface area contributed by atoms with E-state index in [2.05, 4.69) is 4.98 Å². The zero-order chi connectivity index (χ0) is 13.1. The summed E-state index contributed by atoms with van der Waals surface area (Å²) in [6.07, 6.45) is 2.08. The van der Waals surface area contributed by atoms with E-state index in [1.807, 2.05) is 6.92 Å². The van der Waals surface area contributed by atoms with Crippen molar-refractivity contribution in [1.29, 1.82) is 0 Å². The zero-order valence-electron chi connectivity index (χ0n) is 9.83. The molecule has 0 aliphatic heterocycles. The highest BCUT2D eigenvalue weighted by molar-refractivity contribution is 6.31. The molecule has 0 fully saturated rings. The van der Waals surface area contributed by atoms with Gasteiger partial charge in [0.05, 0.1) is 6.61 Å². The molecule has 0 spiro atoms. The zero-order valence-corrected chi connectivity index (χ0v) is 10.6. The molecule has 2 aromatic rings. The van der Waals surface area contributed by atoms with Crippen molar-refractivity contribution < 1.29 is 9.53 Å². The predicted octanol–water partition coefficient (Wildman–Crippen LogP) is 2.75. The summed E-state index contributed by atoms with van der Waals surface area (Å²) in [4.78, 5) is 26.7. The average molecular weight is 266 g/mol. The van der Waals surface area contributed by atoms with Crippen LogP contribution >= 0.6 is 11.6 Å². The molecule has 0 saturated carbocycles. The SMILES string of the molecule is CCCOC(=O)c1c[nH]c2ccc(Cl)cc2c1=O. The maximum absolute atomic E-state index is 12.1. The third-order valence-electron chi connectivity index (χ3n) is 2.50. The van der Waals surface area contributed by atoms with Crippen molar-refractivity contribution in [1.82, 2.24) is 4.98 Å². The van der Waals surface area contributed by atoms with Gasteiger partial charge in [-0.05, 0) is 24.6 Å². The molecule has 0 aliphatic rings. The normalized spacial score (nSPS) is 10.6. The second-order valence-electron chi connectivity index (χ2n) is 3.86. The van der Waals surface area contributed by atoms with Gasteiger partial charge in [-0.15, -0.1) is 0 Å². The van der Waals surface area contributed by atoms with Crippen molar-refractivity contribution in [3.8, 4) is 0 Å². The van der Waals surface area contributed by atoms with Crippen LogP contribution < -0.4 is 5.43 Å². The number of carbonyl (C=O) groups is 1. The number of carbonyl (C=O) groups excluding carboxylic acids is 1. The van der Waals surface area contributed by atoms with Gasteiger partial charge >= 0.3 is 5.97 Å². The number of aromatic amines is 1. The molecule has 0 atom stereocenters. The molecule has 0 aliphatic carbocycles. The van der Waals surface area contributed by atoms with E-state index in [-0.39, 0.29) is 11.0 Å². The standard InChI is InChI=1S/C13H12ClNO3/c1-2-5-18-13(17)10-7-15-11-4-3-8(14)6-9(11)12(10)16/h3-4,6-7H,2,5H2,1H3,(H,15,16). The minimum absolute atomic E-state index is 0.00165. The lowest BCUT2D eigenvalue weighted by Gasteiger charge is -2.04. The Balaban J connectivity index is 2.50. The Labute approximate surface area is 109 Å². The minimum Gasteiger partial charge on any atom is -0.462 e. The van der Waals surface area contributed by atoms with Crippen molar-refractivity contribution in [2.24, 2.45) is 0 Å². The fraction of sp³-hybridized carbons (Fsp3) is 0.231. The van der Waals surface area contributed by atoms with Crippen LogP contribution in [-0.4, -0.2) is 17.6 Å². The quantitative estimate of drug-likeness (QED) is 0.868. The van der Waals surface area contributed by atoms with Gasteiger partial charge in [0, 0.05) is 22.1 Å². The first-order valence-corrected chi connectivity index (χ1v) is 5.99. The number of esters is 1. The summed E-state index contributed by atoms with van der Waals surface area (Å²) in [7, 11) is 0. The van der Waals surface area contributed by atoms with Gasteiger partial charge < -0.3 is 9.72 Å². The molecule has 2 rings (SSSR count). The third kappa shape index (κ3) is 2.38. The molecular weight excluding hydrogens is 254 g/mol. The van der Waals surface area contributed by atoms with Crippen LogP contribution in [0.25, 0.3) is 10.9 Å². The number of aromatic nitrogens is 1. The molecule has 0 radical (unpaired) electrons. The maximum Gasteiger partial charge on any atom is 0.343 e. The number of halogens is 1. The van der Waals surface area contributed by atoms with Crippen LogP contribution in [0.3, 0.4) is 0 Å². The van der Waals surface area contributed by atoms with Crippen LogP contribution in [0.2, 0.25) is 5.02 Å². The number of ether oxygens (including phenoxy) is 1. The van der Waals surface area contributed by atoms with Gasteiger partial charge in [-0.1, -0.05) is 18.5 Å². The summed E-state index contributed by atoms with van der Waals surface area (Å²) in [6.45, 7) is 2.18. The number of hydrogen-bond acceptors (Lipinski definition) is 3. The summed E-state index contributed by atoms with van der Waals surface area (Å²) >= 11 is 5.84. The number of fused-ring (bicyclic) bond motifs is 1. The Morgan fingerprint density at radius 3 is 2.94 bits per heavy atom. The number of rotatable bonds is 3. The first kappa shape index (κ1) is 12.6. The van der Waals surface area contributed by atoms with Crippen LogP contribution in [0.5, 0.6) is 0 Å². The van der Waals surface area contributed by atoms with E-state index < -0.39 is 5.97 Å². The van der Waals surface area contributed by atoms with Crippen LogP contribution in [0, 0.1) is 0 Å². The summed E-state index contributed by atoms with van der Waals surface area (Å²) in [5.41, 5.74) is 0.266. The number of benzene rings is 1. The van der Waals surface area contributed by atoms with E-state index in [1.165, 1.54) is 12.3 Å². The van der Waals surface area contributed by atoms with Gasteiger partial charge in [0.2, 0.25) is 5.43 Å². The fourth-order valence-corrected chi connectivity index (χ4v) is 1.79. The molecule has 0 bridgehead atoms. The maximum atomic E-state index is 12.1. The second-order valence-corrected chi connectivity index (χ2v) is 4.29. The Bertz CT molecular complexity index is 648. The number of nitrogens with one attached hydrogen (secondary N) is 1. The minimum atomic E-state index is -0.611. The fourth-order valence-electron chi connectivity index (χ4n) is 1.61. The van der Waals surface area contributed by atoms with Crippen LogP contribution in [-0.2, 0) is 4.74 Å². The number of pyridine rings is 1. The molecule has 94 valence electrons. The molecule has 1 N–H and O–H groups in total. The third-order valence-corrected chi connectivity index (χ3v) is 2.74. The summed E-state index contributed by atoms with van der Waals surface area (Å²) < 4.78 is 4.95. The predicted molar refractivity (Wildman–Crippen MR) is 70.2 cm³/mol. The van der Waals surface area contributed by atoms with Crippen LogP contribution in [0.4, 0.5) is 0 Å². The van der Waals surface area contributed by atoms with Gasteiger partial charge in [-0.2, -0.15) is 0 Å². The summed E-state index contributed by atoms with van der Waals surface area (Å²) in [5, 5.41) is 0.834. The molecule has 0 saturated heterocycles. The highest BCUT2D eigenvalue weighted by Crippen LogP contribution is 2.15. The van der Waals surface area contributed by atoms with E-state index in [4.69, 9.17) is 16.3 Å². The van der Waals surface area contributed by atoms with Gasteiger partial charge in [0.25, 0.3) is 0 Å². The van der Waals surface area contributed by atoms with Gasteiger partial charge in [-0.3, -0.25) is 4.79 Å². The molecule has 0 amide bonds. The summed E-state index contributed by atoms with van der Waals surface area (Å²) in [6, 6.07) is 4.90. The summed E-state index contributed by atoms with van der Waals surface area (Å²) in [5.74, 6) is -0.611. The van der Waals surface area contributed by atoms with E-state index in [1.54, 1.807) is 12.1 Å². The smallest absolute Gasteiger partial charge is 0.343 e. The van der Waals surface area contributed by atoms with Crippen molar-refractivity contribution in [2.75, 3.05) is 6.61 Å². The highest BCUT2D eigenvalue weighted by Gasteiger charge is 2.14. The molecule has 5 heteroatoms. The largest absolute Gasteiger partial charge is 0.462 e. The van der Waals surface area contributed by atoms with Crippen molar-refractivity contribution >= 4 is 28.5 Å². The monoisotopic (exact) mass is 265 g/mol. The van der Waals surface area contributed by atoms with E-state index in [0.29, 0.717) is 29.0 Å². The topological polar surface area (TPSA) is 59.2 Å². The van der Waals surface area contributed by atoms with Gasteiger partial charge in [0.15, 0.2) is 0 Å². The van der Waals surface area contributed by atoms with Crippen LogP contribution in [0.1, 0.15) is 23.7 Å². The second kappa shape index (κ2) is 5.23. The first-order chi connectivity index (χ1) is 8.63. The van der Waals surface area contributed by atoms with E-state index in [0.717, 1.165) is 0 Å². The Hall–Kier alpha value is -1.81. The average Bonchev–Trinajstić information content (AvgIpc) is 2.37. The highest BCUT2D eigenvalue weighted by atomic mass is 35.5. The molecule has 1 heterocycles. The van der Waals surface area contributed by atoms with Crippen LogP contribution in [0.15, 0.2) is 29.2 Å².